The van der Waals surface area contributed by atoms with Gasteiger partial charge in [0.25, 0.3) is 5.69 Å². The number of hydrogen-bond acceptors (Lipinski definition) is 5. The second kappa shape index (κ2) is 5.98. The molecule has 0 radical (unpaired) electrons. The summed E-state index contributed by atoms with van der Waals surface area (Å²) in [5, 5.41) is 32.0. The van der Waals surface area contributed by atoms with Crippen LogP contribution < -0.4 is 5.32 Å². The molecule has 0 saturated carbocycles. The number of aliphatic hydroxyl groups is 1. The number of nitrogens with zero attached hydrogens (tertiary/aromatic N) is 2. The molecule has 18 heavy (non-hydrogen) atoms. The van der Waals surface area contributed by atoms with E-state index in [1.165, 1.54) is 18.2 Å². The molecule has 1 atom stereocenters. The summed E-state index contributed by atoms with van der Waals surface area (Å²) < 4.78 is 0. The van der Waals surface area contributed by atoms with Crippen molar-refractivity contribution in [2.45, 2.75) is 20.0 Å². The fraction of sp³-hybridized carbons (Fsp3) is 0.417. The van der Waals surface area contributed by atoms with Gasteiger partial charge in [-0.3, -0.25) is 10.1 Å². The average Bonchev–Trinajstić information content (AvgIpc) is 2.34. The Kier molecular flexibility index (Phi) is 4.63. The van der Waals surface area contributed by atoms with Crippen LogP contribution in [0, 0.1) is 27.4 Å². The maximum atomic E-state index is 10.8. The number of anilines is 1. The number of nitrogens with one attached hydrogen (secondary N) is 1. The molecule has 0 saturated heterocycles. The first-order valence-electron chi connectivity index (χ1n) is 5.56. The first kappa shape index (κ1) is 13.9. The van der Waals surface area contributed by atoms with Crippen molar-refractivity contribution in [1.29, 1.82) is 5.26 Å². The molecule has 1 aromatic carbocycles. The van der Waals surface area contributed by atoms with Crippen molar-refractivity contribution >= 4 is 11.4 Å². The summed E-state index contributed by atoms with van der Waals surface area (Å²) in [7, 11) is 0. The van der Waals surface area contributed by atoms with Crippen LogP contribution in [0.15, 0.2) is 18.2 Å². The van der Waals surface area contributed by atoms with Gasteiger partial charge >= 0.3 is 0 Å². The molecule has 1 rings (SSSR count). The molecule has 0 heterocycles. The van der Waals surface area contributed by atoms with E-state index in [0.29, 0.717) is 5.56 Å². The van der Waals surface area contributed by atoms with E-state index in [2.05, 4.69) is 5.32 Å². The SMILES string of the molecule is CC(C)C(O)CNc1cc(C#N)ccc1[N+](=O)[O-]. The van der Waals surface area contributed by atoms with Crippen LogP contribution in [0.1, 0.15) is 19.4 Å². The Morgan fingerprint density at radius 3 is 2.72 bits per heavy atom. The lowest BCUT2D eigenvalue weighted by Gasteiger charge is -2.15. The minimum Gasteiger partial charge on any atom is -0.391 e. The molecule has 0 spiro atoms. The molecule has 0 aliphatic carbocycles. The summed E-state index contributed by atoms with van der Waals surface area (Å²) in [5.41, 5.74) is 0.478. The molecule has 1 aromatic rings. The van der Waals surface area contributed by atoms with Gasteiger partial charge in [-0.2, -0.15) is 5.26 Å². The third-order valence-electron chi connectivity index (χ3n) is 2.59. The van der Waals surface area contributed by atoms with Gasteiger partial charge in [-0.15, -0.1) is 0 Å². The van der Waals surface area contributed by atoms with Crippen molar-refractivity contribution < 1.29 is 10.0 Å². The normalized spacial score (nSPS) is 11.9. The Balaban J connectivity index is 2.92. The number of nitro groups is 1. The Hall–Kier alpha value is -2.13. The van der Waals surface area contributed by atoms with Crippen LogP contribution in [0.5, 0.6) is 0 Å². The van der Waals surface area contributed by atoms with Crippen LogP contribution in [-0.4, -0.2) is 22.7 Å². The Bertz CT molecular complexity index is 480. The molecule has 1 unspecified atom stereocenters. The van der Waals surface area contributed by atoms with E-state index < -0.39 is 11.0 Å². The molecular formula is C12H15N3O3. The van der Waals surface area contributed by atoms with Crippen LogP contribution >= 0.6 is 0 Å². The lowest BCUT2D eigenvalue weighted by atomic mass is 10.1. The maximum Gasteiger partial charge on any atom is 0.292 e. The molecule has 0 aliphatic rings. The molecule has 0 fully saturated rings. The minimum absolute atomic E-state index is 0.0516. The molecular weight excluding hydrogens is 234 g/mol. The van der Waals surface area contributed by atoms with E-state index in [1.54, 1.807) is 0 Å². The van der Waals surface area contributed by atoms with E-state index in [4.69, 9.17) is 5.26 Å². The number of hydrogen-bond donors (Lipinski definition) is 2. The van der Waals surface area contributed by atoms with Gasteiger partial charge in [0.15, 0.2) is 0 Å². The van der Waals surface area contributed by atoms with E-state index in [9.17, 15) is 15.2 Å². The van der Waals surface area contributed by atoms with Crippen LogP contribution in [0.2, 0.25) is 0 Å². The van der Waals surface area contributed by atoms with Crippen molar-refractivity contribution in [3.63, 3.8) is 0 Å². The van der Waals surface area contributed by atoms with Crippen LogP contribution in [0.3, 0.4) is 0 Å². The van der Waals surface area contributed by atoms with Crippen LogP contribution in [-0.2, 0) is 0 Å². The predicted molar refractivity (Wildman–Crippen MR) is 67.1 cm³/mol. The Morgan fingerprint density at radius 1 is 1.56 bits per heavy atom. The lowest BCUT2D eigenvalue weighted by Crippen LogP contribution is -2.25. The molecule has 0 bridgehead atoms. The molecule has 2 N–H and O–H groups in total. The van der Waals surface area contributed by atoms with E-state index in [1.807, 2.05) is 19.9 Å². The zero-order valence-corrected chi connectivity index (χ0v) is 10.3. The topological polar surface area (TPSA) is 99.2 Å². The average molecular weight is 249 g/mol. The van der Waals surface area contributed by atoms with Crippen molar-refractivity contribution in [3.8, 4) is 6.07 Å². The van der Waals surface area contributed by atoms with Crippen molar-refractivity contribution in [2.75, 3.05) is 11.9 Å². The highest BCUT2D eigenvalue weighted by Gasteiger charge is 2.16. The second-order valence-electron chi connectivity index (χ2n) is 4.29. The van der Waals surface area contributed by atoms with Gasteiger partial charge in [-0.25, -0.2) is 0 Å². The van der Waals surface area contributed by atoms with Gasteiger partial charge in [-0.1, -0.05) is 13.8 Å². The van der Waals surface area contributed by atoms with Gasteiger partial charge in [-0.05, 0) is 18.1 Å². The number of benzene rings is 1. The van der Waals surface area contributed by atoms with E-state index >= 15 is 0 Å². The lowest BCUT2D eigenvalue weighted by molar-refractivity contribution is -0.384. The first-order valence-corrected chi connectivity index (χ1v) is 5.56. The summed E-state index contributed by atoms with van der Waals surface area (Å²) in [6, 6.07) is 6.00. The van der Waals surface area contributed by atoms with E-state index in [0.717, 1.165) is 0 Å². The molecule has 0 aliphatic heterocycles. The van der Waals surface area contributed by atoms with Gasteiger partial charge in [0, 0.05) is 12.6 Å². The van der Waals surface area contributed by atoms with E-state index in [-0.39, 0.29) is 23.8 Å². The van der Waals surface area contributed by atoms with Gasteiger partial charge < -0.3 is 10.4 Å². The standard InChI is InChI=1S/C12H15N3O3/c1-8(2)12(16)7-14-10-5-9(6-13)3-4-11(10)15(17)18/h3-5,8,12,14,16H,7H2,1-2H3. The second-order valence-corrected chi connectivity index (χ2v) is 4.29. The van der Waals surface area contributed by atoms with Crippen LogP contribution in [0.25, 0.3) is 0 Å². The highest BCUT2D eigenvalue weighted by molar-refractivity contribution is 5.64. The maximum absolute atomic E-state index is 10.8. The monoisotopic (exact) mass is 249 g/mol. The number of aliphatic hydroxyl groups excluding tert-OH is 1. The third-order valence-corrected chi connectivity index (χ3v) is 2.59. The smallest absolute Gasteiger partial charge is 0.292 e. The zero-order valence-electron chi connectivity index (χ0n) is 10.3. The molecule has 6 nitrogen and oxygen atoms in total. The quantitative estimate of drug-likeness (QED) is 0.613. The fourth-order valence-corrected chi connectivity index (χ4v) is 1.36. The predicted octanol–water partition coefficient (Wildman–Crippen LogP) is 1.90. The first-order chi connectivity index (χ1) is 8.45. The van der Waals surface area contributed by atoms with Crippen molar-refractivity contribution in [2.24, 2.45) is 5.92 Å². The fourth-order valence-electron chi connectivity index (χ4n) is 1.36. The summed E-state index contributed by atoms with van der Waals surface area (Å²) >= 11 is 0. The molecule has 0 amide bonds. The van der Waals surface area contributed by atoms with Crippen molar-refractivity contribution in [3.05, 3.63) is 33.9 Å². The highest BCUT2D eigenvalue weighted by Crippen LogP contribution is 2.25. The Labute approximate surface area is 105 Å². The van der Waals surface area contributed by atoms with Gasteiger partial charge in [0.2, 0.25) is 0 Å². The Morgan fingerprint density at radius 2 is 2.22 bits per heavy atom. The summed E-state index contributed by atoms with van der Waals surface area (Å²) in [6.07, 6.45) is -0.602. The molecule has 6 heteroatoms. The summed E-state index contributed by atoms with van der Waals surface area (Å²) in [5.74, 6) is 0.0516. The highest BCUT2D eigenvalue weighted by atomic mass is 16.6. The number of nitriles is 1. The summed E-state index contributed by atoms with van der Waals surface area (Å²) in [4.78, 5) is 10.3. The van der Waals surface area contributed by atoms with Crippen LogP contribution in [0.4, 0.5) is 11.4 Å². The number of nitro benzene ring substituents is 1. The summed E-state index contributed by atoms with van der Waals surface area (Å²) in [6.45, 7) is 3.91. The van der Waals surface area contributed by atoms with Crippen molar-refractivity contribution in [1.82, 2.24) is 0 Å². The van der Waals surface area contributed by atoms with Gasteiger partial charge in [0.05, 0.1) is 22.7 Å². The molecule has 0 aromatic heterocycles. The minimum atomic E-state index is -0.602. The third kappa shape index (κ3) is 3.43. The zero-order chi connectivity index (χ0) is 13.7. The largest absolute Gasteiger partial charge is 0.391 e. The van der Waals surface area contributed by atoms with Gasteiger partial charge in [0.1, 0.15) is 5.69 Å². The number of rotatable bonds is 5. The molecule has 96 valence electrons.